The molecule has 0 saturated heterocycles. The molecular weight excluding hydrogens is 304 g/mol. The van der Waals surface area contributed by atoms with Crippen molar-refractivity contribution in [3.8, 4) is 0 Å². The van der Waals surface area contributed by atoms with Crippen molar-refractivity contribution in [1.29, 1.82) is 0 Å². The highest BCUT2D eigenvalue weighted by Crippen LogP contribution is 2.15. The van der Waals surface area contributed by atoms with E-state index in [1.165, 1.54) is 5.56 Å². The van der Waals surface area contributed by atoms with Crippen LogP contribution in [0.1, 0.15) is 31.8 Å². The zero-order valence-electron chi connectivity index (χ0n) is 14.2. The van der Waals surface area contributed by atoms with Crippen LogP contribution in [0, 0.1) is 13.8 Å². The largest absolute Gasteiger partial charge is 0.383 e. The maximum absolute atomic E-state index is 12.3. The van der Waals surface area contributed by atoms with Crippen molar-refractivity contribution in [2.24, 2.45) is 0 Å². The van der Waals surface area contributed by atoms with Gasteiger partial charge in [-0.3, -0.25) is 9.59 Å². The quantitative estimate of drug-likeness (QED) is 0.802. The number of hydrogen-bond acceptors (Lipinski definition) is 3. The number of ether oxygens (including phenoxy) is 1. The third kappa shape index (κ3) is 4.67. The Morgan fingerprint density at radius 1 is 0.917 bits per heavy atom. The van der Waals surface area contributed by atoms with Crippen molar-refractivity contribution < 1.29 is 14.3 Å². The number of amides is 2. The van der Waals surface area contributed by atoms with Gasteiger partial charge < -0.3 is 15.4 Å². The zero-order valence-corrected chi connectivity index (χ0v) is 14.2. The number of benzene rings is 2. The van der Waals surface area contributed by atoms with E-state index in [1.54, 1.807) is 31.4 Å². The van der Waals surface area contributed by atoms with E-state index in [-0.39, 0.29) is 11.8 Å². The van der Waals surface area contributed by atoms with E-state index >= 15 is 0 Å². The number of nitrogens with one attached hydrogen (secondary N) is 2. The Bertz CT molecular complexity index is 724. The number of aryl methyl sites for hydroxylation is 2. The topological polar surface area (TPSA) is 67.4 Å². The monoisotopic (exact) mass is 326 g/mol. The lowest BCUT2D eigenvalue weighted by Crippen LogP contribution is -2.26. The fourth-order valence-electron chi connectivity index (χ4n) is 2.16. The Kier molecular flexibility index (Phi) is 6.09. The third-order valence-corrected chi connectivity index (χ3v) is 3.77. The number of carbonyl (C=O) groups is 2. The van der Waals surface area contributed by atoms with Crippen molar-refractivity contribution >= 4 is 17.5 Å². The number of rotatable bonds is 6. The van der Waals surface area contributed by atoms with E-state index < -0.39 is 0 Å². The molecule has 5 nitrogen and oxygen atoms in total. The van der Waals surface area contributed by atoms with E-state index in [0.717, 1.165) is 11.3 Å². The molecule has 0 aliphatic heterocycles. The molecule has 0 aromatic heterocycles. The Morgan fingerprint density at radius 3 is 2.12 bits per heavy atom. The summed E-state index contributed by atoms with van der Waals surface area (Å²) in [6, 6.07) is 12.3. The zero-order chi connectivity index (χ0) is 17.5. The molecule has 5 heteroatoms. The van der Waals surface area contributed by atoms with Gasteiger partial charge in [-0.05, 0) is 61.4 Å². The fraction of sp³-hybridized carbons (Fsp3) is 0.263. The van der Waals surface area contributed by atoms with Gasteiger partial charge in [0.1, 0.15) is 0 Å². The molecule has 126 valence electrons. The number of anilines is 1. The van der Waals surface area contributed by atoms with Crippen molar-refractivity contribution in [3.05, 3.63) is 64.7 Å². The van der Waals surface area contributed by atoms with Crippen molar-refractivity contribution in [2.45, 2.75) is 13.8 Å². The molecule has 2 aromatic rings. The summed E-state index contributed by atoms with van der Waals surface area (Å²) in [6.07, 6.45) is 0. The maximum Gasteiger partial charge on any atom is 0.255 e. The summed E-state index contributed by atoms with van der Waals surface area (Å²) in [4.78, 5) is 24.2. The molecule has 2 N–H and O–H groups in total. The summed E-state index contributed by atoms with van der Waals surface area (Å²) in [5.41, 5.74) is 4.06. The maximum atomic E-state index is 12.3. The first kappa shape index (κ1) is 17.7. The van der Waals surface area contributed by atoms with Crippen LogP contribution in [0.25, 0.3) is 0 Å². The average molecular weight is 326 g/mol. The molecule has 0 heterocycles. The van der Waals surface area contributed by atoms with Gasteiger partial charge in [0, 0.05) is 30.5 Å². The second-order valence-electron chi connectivity index (χ2n) is 5.58. The molecule has 2 rings (SSSR count). The van der Waals surface area contributed by atoms with Gasteiger partial charge in [-0.15, -0.1) is 0 Å². The molecule has 0 aliphatic rings. The van der Waals surface area contributed by atoms with Crippen LogP contribution in [0.3, 0.4) is 0 Å². The summed E-state index contributed by atoms with van der Waals surface area (Å²) in [7, 11) is 1.58. The van der Waals surface area contributed by atoms with E-state index in [1.807, 2.05) is 32.0 Å². The highest BCUT2D eigenvalue weighted by Gasteiger charge is 2.09. The molecule has 0 radical (unpaired) electrons. The van der Waals surface area contributed by atoms with E-state index in [0.29, 0.717) is 24.3 Å². The van der Waals surface area contributed by atoms with Crippen LogP contribution in [-0.4, -0.2) is 32.1 Å². The van der Waals surface area contributed by atoms with Gasteiger partial charge in [0.2, 0.25) is 0 Å². The van der Waals surface area contributed by atoms with Crippen LogP contribution in [0.2, 0.25) is 0 Å². The van der Waals surface area contributed by atoms with Crippen LogP contribution in [0.15, 0.2) is 42.5 Å². The number of hydrogen-bond donors (Lipinski definition) is 2. The van der Waals surface area contributed by atoms with Gasteiger partial charge in [0.25, 0.3) is 11.8 Å². The minimum Gasteiger partial charge on any atom is -0.383 e. The van der Waals surface area contributed by atoms with Crippen LogP contribution in [0.5, 0.6) is 0 Å². The van der Waals surface area contributed by atoms with Crippen LogP contribution in [0.4, 0.5) is 5.69 Å². The van der Waals surface area contributed by atoms with Crippen molar-refractivity contribution in [3.63, 3.8) is 0 Å². The SMILES string of the molecule is COCCNC(=O)c1ccc(C(=O)Nc2ccc(C)c(C)c2)cc1. The van der Waals surface area contributed by atoms with Gasteiger partial charge in [-0.25, -0.2) is 0 Å². The molecule has 2 aromatic carbocycles. The van der Waals surface area contributed by atoms with Gasteiger partial charge in [-0.2, -0.15) is 0 Å². The lowest BCUT2D eigenvalue weighted by atomic mass is 10.1. The molecule has 0 bridgehead atoms. The Hall–Kier alpha value is -2.66. The highest BCUT2D eigenvalue weighted by atomic mass is 16.5. The minimum absolute atomic E-state index is 0.187. The molecule has 0 aliphatic carbocycles. The number of carbonyl (C=O) groups excluding carboxylic acids is 2. The summed E-state index contributed by atoms with van der Waals surface area (Å²) < 4.78 is 4.88. The summed E-state index contributed by atoms with van der Waals surface area (Å²) in [5.74, 6) is -0.391. The molecule has 0 saturated carbocycles. The molecule has 0 atom stereocenters. The first-order valence-corrected chi connectivity index (χ1v) is 7.77. The first-order chi connectivity index (χ1) is 11.5. The minimum atomic E-state index is -0.204. The Morgan fingerprint density at radius 2 is 1.54 bits per heavy atom. The second kappa shape index (κ2) is 8.26. The van der Waals surface area contributed by atoms with E-state index in [9.17, 15) is 9.59 Å². The molecule has 24 heavy (non-hydrogen) atoms. The lowest BCUT2D eigenvalue weighted by molar-refractivity contribution is 0.0935. The van der Waals surface area contributed by atoms with E-state index in [4.69, 9.17) is 4.74 Å². The smallest absolute Gasteiger partial charge is 0.255 e. The summed E-state index contributed by atoms with van der Waals surface area (Å²) >= 11 is 0. The second-order valence-corrected chi connectivity index (χ2v) is 5.58. The molecule has 0 fully saturated rings. The van der Waals surface area contributed by atoms with Gasteiger partial charge >= 0.3 is 0 Å². The van der Waals surface area contributed by atoms with Gasteiger partial charge in [0.15, 0.2) is 0 Å². The van der Waals surface area contributed by atoms with Gasteiger partial charge in [0.05, 0.1) is 6.61 Å². The Balaban J connectivity index is 2.00. The predicted molar refractivity (Wildman–Crippen MR) is 94.5 cm³/mol. The Labute approximate surface area is 142 Å². The first-order valence-electron chi connectivity index (χ1n) is 7.77. The average Bonchev–Trinajstić information content (AvgIpc) is 2.58. The summed E-state index contributed by atoms with van der Waals surface area (Å²) in [6.45, 7) is 4.94. The number of methoxy groups -OCH3 is 1. The van der Waals surface area contributed by atoms with Crippen LogP contribution < -0.4 is 10.6 Å². The fourth-order valence-corrected chi connectivity index (χ4v) is 2.16. The third-order valence-electron chi connectivity index (χ3n) is 3.77. The van der Waals surface area contributed by atoms with E-state index in [2.05, 4.69) is 10.6 Å². The molecular formula is C19H22N2O3. The standard InChI is InChI=1S/C19H22N2O3/c1-13-4-9-17(12-14(13)2)21-19(23)16-7-5-15(6-8-16)18(22)20-10-11-24-3/h4-9,12H,10-11H2,1-3H3,(H,20,22)(H,21,23). The van der Waals surface area contributed by atoms with Crippen molar-refractivity contribution in [1.82, 2.24) is 5.32 Å². The van der Waals surface area contributed by atoms with Gasteiger partial charge in [-0.1, -0.05) is 6.07 Å². The molecule has 0 unspecified atom stereocenters. The van der Waals surface area contributed by atoms with Crippen molar-refractivity contribution in [2.75, 3.05) is 25.6 Å². The molecule has 2 amide bonds. The van der Waals surface area contributed by atoms with Crippen LogP contribution >= 0.6 is 0 Å². The highest BCUT2D eigenvalue weighted by molar-refractivity contribution is 6.05. The lowest BCUT2D eigenvalue weighted by Gasteiger charge is -2.08. The normalized spacial score (nSPS) is 10.3. The molecule has 0 spiro atoms. The predicted octanol–water partition coefficient (Wildman–Crippen LogP) is 2.93. The van der Waals surface area contributed by atoms with Crippen LogP contribution in [-0.2, 0) is 4.74 Å². The summed E-state index contributed by atoms with van der Waals surface area (Å²) in [5, 5.41) is 5.60.